The van der Waals surface area contributed by atoms with Crippen molar-refractivity contribution >= 4 is 53.9 Å². The Kier molecular flexibility index (Phi) is 5.98. The molecule has 11 aromatic carbocycles. The Balaban J connectivity index is 1.15. The molecular formula is C56H32. The summed E-state index contributed by atoms with van der Waals surface area (Å²) in [5.41, 5.74) is 18.2. The monoisotopic (exact) mass is 704 g/mol. The zero-order valence-corrected chi connectivity index (χ0v) is 30.5. The number of fused-ring (bicyclic) bond motifs is 10. The molecule has 0 fully saturated rings. The molecule has 256 valence electrons. The van der Waals surface area contributed by atoms with E-state index in [1.165, 1.54) is 132 Å². The van der Waals surface area contributed by atoms with Gasteiger partial charge < -0.3 is 0 Å². The SMILES string of the molecule is c1ccc(-c2c3c(c(-c4ccccc4)c4cc(-c5ccc6c7c(cccc57)-c5cc7ccccc7cc5-6)ccc24)-c2cc4ccccc4c4cccc-3c24)cc1. The minimum absolute atomic E-state index is 1.23. The summed E-state index contributed by atoms with van der Waals surface area (Å²) < 4.78 is 0. The first-order chi connectivity index (χ1) is 27.8. The standard InChI is InChI=1S/C56H32/c1-3-13-33(14-4-1)51-45-26-25-38(40-27-28-44-48-30-36-18-8-7-17-35(36)29-47(48)43-23-11-21-42(40)53(43)44)31-49(45)52(34-15-5-2-6-16-34)56-50-32-37-19-9-10-20-39(37)41-22-12-24-46(54(41)50)55(51)56/h1-32H. The van der Waals surface area contributed by atoms with Crippen LogP contribution in [0.2, 0.25) is 0 Å². The largest absolute Gasteiger partial charge is 0.0622 e. The molecule has 0 saturated heterocycles. The number of hydrogen-bond acceptors (Lipinski definition) is 0. The molecule has 0 saturated carbocycles. The van der Waals surface area contributed by atoms with Gasteiger partial charge in [-0.2, -0.15) is 0 Å². The van der Waals surface area contributed by atoms with Gasteiger partial charge in [-0.25, -0.2) is 0 Å². The average Bonchev–Trinajstić information content (AvgIpc) is 3.75. The maximum Gasteiger partial charge on any atom is -0.000719 e. The minimum atomic E-state index is 1.23. The molecule has 2 aliphatic carbocycles. The van der Waals surface area contributed by atoms with E-state index in [1.807, 2.05) is 0 Å². The van der Waals surface area contributed by atoms with Gasteiger partial charge in [0.25, 0.3) is 0 Å². The minimum Gasteiger partial charge on any atom is -0.0622 e. The topological polar surface area (TPSA) is 0 Å². The summed E-state index contributed by atoms with van der Waals surface area (Å²) in [5, 5.41) is 13.0. The molecular weight excluding hydrogens is 673 g/mol. The fourth-order valence-electron chi connectivity index (χ4n) is 10.4. The van der Waals surface area contributed by atoms with Gasteiger partial charge in [-0.1, -0.05) is 170 Å². The van der Waals surface area contributed by atoms with Crippen LogP contribution in [-0.4, -0.2) is 0 Å². The van der Waals surface area contributed by atoms with Crippen molar-refractivity contribution in [1.82, 2.24) is 0 Å². The first-order valence-electron chi connectivity index (χ1n) is 19.6. The summed E-state index contributed by atoms with van der Waals surface area (Å²) in [5.74, 6) is 0. The third kappa shape index (κ3) is 3.98. The van der Waals surface area contributed by atoms with Crippen molar-refractivity contribution in [3.8, 4) is 77.9 Å². The summed E-state index contributed by atoms with van der Waals surface area (Å²) in [6, 6.07) is 72.8. The van der Waals surface area contributed by atoms with Crippen LogP contribution < -0.4 is 0 Å². The van der Waals surface area contributed by atoms with Crippen molar-refractivity contribution in [2.24, 2.45) is 0 Å². The Morgan fingerprint density at radius 1 is 0.196 bits per heavy atom. The molecule has 0 aromatic heterocycles. The van der Waals surface area contributed by atoms with Gasteiger partial charge >= 0.3 is 0 Å². The van der Waals surface area contributed by atoms with Gasteiger partial charge in [0.2, 0.25) is 0 Å². The second-order valence-electron chi connectivity index (χ2n) is 15.5. The quantitative estimate of drug-likeness (QED) is 0.161. The molecule has 2 aliphatic rings. The Morgan fingerprint density at radius 3 is 1.45 bits per heavy atom. The fraction of sp³-hybridized carbons (Fsp3) is 0. The lowest BCUT2D eigenvalue weighted by Gasteiger charge is -2.21. The molecule has 56 heavy (non-hydrogen) atoms. The van der Waals surface area contributed by atoms with E-state index in [9.17, 15) is 0 Å². The van der Waals surface area contributed by atoms with Crippen LogP contribution in [0.4, 0.5) is 0 Å². The van der Waals surface area contributed by atoms with Crippen LogP contribution in [0.1, 0.15) is 0 Å². The third-order valence-corrected chi connectivity index (χ3v) is 12.7. The van der Waals surface area contributed by atoms with Crippen molar-refractivity contribution in [1.29, 1.82) is 0 Å². The first kappa shape index (κ1) is 30.1. The van der Waals surface area contributed by atoms with Crippen molar-refractivity contribution in [3.05, 3.63) is 194 Å². The second kappa shape index (κ2) is 11.1. The van der Waals surface area contributed by atoms with E-state index in [1.54, 1.807) is 0 Å². The number of rotatable bonds is 3. The molecule has 0 heteroatoms. The molecule has 0 spiro atoms. The van der Waals surface area contributed by atoms with Crippen LogP contribution >= 0.6 is 0 Å². The highest BCUT2D eigenvalue weighted by Crippen LogP contribution is 2.59. The van der Waals surface area contributed by atoms with Gasteiger partial charge in [0.1, 0.15) is 0 Å². The maximum absolute atomic E-state index is 2.49. The Hall–Kier alpha value is -7.28. The van der Waals surface area contributed by atoms with Crippen LogP contribution in [0, 0.1) is 0 Å². The molecule has 0 aliphatic heterocycles. The number of hydrogen-bond donors (Lipinski definition) is 0. The van der Waals surface area contributed by atoms with Crippen molar-refractivity contribution in [2.75, 3.05) is 0 Å². The summed E-state index contributed by atoms with van der Waals surface area (Å²) in [7, 11) is 0. The van der Waals surface area contributed by atoms with Gasteiger partial charge in [-0.3, -0.25) is 0 Å². The fourth-order valence-corrected chi connectivity index (χ4v) is 10.4. The van der Waals surface area contributed by atoms with Crippen molar-refractivity contribution in [2.45, 2.75) is 0 Å². The third-order valence-electron chi connectivity index (χ3n) is 12.7. The maximum atomic E-state index is 2.49. The van der Waals surface area contributed by atoms with Gasteiger partial charge in [-0.15, -0.1) is 0 Å². The van der Waals surface area contributed by atoms with Crippen LogP contribution in [0.15, 0.2) is 194 Å². The lowest BCUT2D eigenvalue weighted by atomic mass is 9.81. The zero-order valence-electron chi connectivity index (χ0n) is 30.5. The van der Waals surface area contributed by atoms with E-state index in [4.69, 9.17) is 0 Å². The lowest BCUT2D eigenvalue weighted by Crippen LogP contribution is -1.94. The van der Waals surface area contributed by atoms with E-state index in [0.29, 0.717) is 0 Å². The van der Waals surface area contributed by atoms with Crippen LogP contribution in [0.25, 0.3) is 132 Å². The van der Waals surface area contributed by atoms with Crippen LogP contribution in [-0.2, 0) is 0 Å². The van der Waals surface area contributed by atoms with E-state index in [-0.39, 0.29) is 0 Å². The Labute approximate surface area is 324 Å². The van der Waals surface area contributed by atoms with Gasteiger partial charge in [0.05, 0.1) is 0 Å². The predicted octanol–water partition coefficient (Wildman–Crippen LogP) is 15.7. The summed E-state index contributed by atoms with van der Waals surface area (Å²) in [4.78, 5) is 0. The van der Waals surface area contributed by atoms with Gasteiger partial charge in [0, 0.05) is 0 Å². The second-order valence-corrected chi connectivity index (χ2v) is 15.5. The first-order valence-corrected chi connectivity index (χ1v) is 19.6. The molecule has 0 bridgehead atoms. The average molecular weight is 705 g/mol. The molecule has 0 heterocycles. The van der Waals surface area contributed by atoms with E-state index < -0.39 is 0 Å². The van der Waals surface area contributed by atoms with E-state index >= 15 is 0 Å². The normalized spacial score (nSPS) is 12.3. The zero-order chi connectivity index (χ0) is 36.5. The molecule has 0 radical (unpaired) electrons. The highest BCUT2D eigenvalue weighted by molar-refractivity contribution is 6.31. The molecule has 0 unspecified atom stereocenters. The summed E-state index contributed by atoms with van der Waals surface area (Å²) >= 11 is 0. The van der Waals surface area contributed by atoms with E-state index in [2.05, 4.69) is 194 Å². The predicted molar refractivity (Wildman–Crippen MR) is 239 cm³/mol. The highest BCUT2D eigenvalue weighted by Gasteiger charge is 2.32. The van der Waals surface area contributed by atoms with Gasteiger partial charge in [-0.05, 0) is 156 Å². The van der Waals surface area contributed by atoms with E-state index in [0.717, 1.165) is 0 Å². The molecule has 11 aromatic rings. The van der Waals surface area contributed by atoms with Crippen molar-refractivity contribution < 1.29 is 0 Å². The summed E-state index contributed by atoms with van der Waals surface area (Å²) in [6.07, 6.45) is 0. The molecule has 0 N–H and O–H groups in total. The lowest BCUT2D eigenvalue weighted by molar-refractivity contribution is 1.62. The van der Waals surface area contributed by atoms with Crippen molar-refractivity contribution in [3.63, 3.8) is 0 Å². The molecule has 0 amide bonds. The summed E-state index contributed by atoms with van der Waals surface area (Å²) in [6.45, 7) is 0. The highest BCUT2D eigenvalue weighted by atomic mass is 14.3. The molecule has 0 nitrogen and oxygen atoms in total. The van der Waals surface area contributed by atoms with Crippen LogP contribution in [0.5, 0.6) is 0 Å². The van der Waals surface area contributed by atoms with Crippen LogP contribution in [0.3, 0.4) is 0 Å². The van der Waals surface area contributed by atoms with Gasteiger partial charge in [0.15, 0.2) is 0 Å². The molecule has 0 atom stereocenters. The number of benzene rings is 11. The Morgan fingerprint density at radius 2 is 0.714 bits per heavy atom. The molecule has 13 rings (SSSR count). The Bertz CT molecular complexity index is 3450. The smallest absolute Gasteiger partial charge is 0.000719 e.